The Hall–Kier alpha value is -2.60. The molecule has 0 heterocycles. The zero-order valence-corrected chi connectivity index (χ0v) is 14.8. The Labute approximate surface area is 155 Å². The summed E-state index contributed by atoms with van der Waals surface area (Å²) >= 11 is 5.99. The van der Waals surface area contributed by atoms with Crippen LogP contribution in [0.15, 0.2) is 48.5 Å². The van der Waals surface area contributed by atoms with E-state index in [0.717, 1.165) is 5.56 Å². The molecule has 2 aromatic rings. The molecule has 1 atom stereocenters. The Morgan fingerprint density at radius 1 is 1.15 bits per heavy atom. The number of halogens is 2. The molecule has 3 rings (SSSR count). The summed E-state index contributed by atoms with van der Waals surface area (Å²) in [6, 6.07) is 12.9. The maximum absolute atomic E-state index is 13.6. The standard InChI is InChI=1S/C19H18ClFN2O3/c1-12(26-16-8-3-2-7-15(16)21)17(24)22-23-18(25)19(9-10-19)13-5-4-6-14(20)11-13/h2-8,11-12H,9-10H2,1H3,(H,22,24)(H,23,25). The fourth-order valence-corrected chi connectivity index (χ4v) is 2.87. The minimum Gasteiger partial charge on any atom is -0.478 e. The minimum atomic E-state index is -0.978. The number of carbonyl (C=O) groups is 2. The second kappa shape index (κ2) is 7.33. The highest BCUT2D eigenvalue weighted by atomic mass is 35.5. The molecule has 0 spiro atoms. The van der Waals surface area contributed by atoms with Gasteiger partial charge in [0.05, 0.1) is 5.41 Å². The van der Waals surface area contributed by atoms with Crippen molar-refractivity contribution in [2.75, 3.05) is 0 Å². The first-order valence-electron chi connectivity index (χ1n) is 8.20. The molecule has 2 aromatic carbocycles. The molecule has 0 bridgehead atoms. The number of rotatable bonds is 5. The van der Waals surface area contributed by atoms with Crippen molar-refractivity contribution in [2.24, 2.45) is 0 Å². The van der Waals surface area contributed by atoms with Crippen LogP contribution < -0.4 is 15.6 Å². The third-order valence-corrected chi connectivity index (χ3v) is 4.61. The lowest BCUT2D eigenvalue weighted by molar-refractivity contribution is -0.133. The van der Waals surface area contributed by atoms with Crippen molar-refractivity contribution >= 4 is 23.4 Å². The lowest BCUT2D eigenvalue weighted by Crippen LogP contribution is -2.50. The van der Waals surface area contributed by atoms with Gasteiger partial charge >= 0.3 is 0 Å². The van der Waals surface area contributed by atoms with Crippen molar-refractivity contribution < 1.29 is 18.7 Å². The molecule has 2 amide bonds. The molecule has 0 aliphatic heterocycles. The number of benzene rings is 2. The molecule has 0 aromatic heterocycles. The summed E-state index contributed by atoms with van der Waals surface area (Å²) in [6.07, 6.45) is 0.376. The van der Waals surface area contributed by atoms with E-state index in [1.54, 1.807) is 24.3 Å². The van der Waals surface area contributed by atoms with Gasteiger partial charge in [-0.3, -0.25) is 20.4 Å². The predicted molar refractivity (Wildman–Crippen MR) is 95.1 cm³/mol. The topological polar surface area (TPSA) is 67.4 Å². The molecule has 1 fully saturated rings. The summed E-state index contributed by atoms with van der Waals surface area (Å²) in [6.45, 7) is 1.47. The maximum atomic E-state index is 13.6. The maximum Gasteiger partial charge on any atom is 0.279 e. The van der Waals surface area contributed by atoms with Crippen LogP contribution in [0.3, 0.4) is 0 Å². The van der Waals surface area contributed by atoms with E-state index in [1.807, 2.05) is 6.07 Å². The van der Waals surface area contributed by atoms with E-state index in [2.05, 4.69) is 10.9 Å². The zero-order chi connectivity index (χ0) is 18.7. The number of amides is 2. The number of para-hydroxylation sites is 1. The fourth-order valence-electron chi connectivity index (χ4n) is 2.68. The highest BCUT2D eigenvalue weighted by Crippen LogP contribution is 2.48. The van der Waals surface area contributed by atoms with E-state index in [-0.39, 0.29) is 11.7 Å². The van der Waals surface area contributed by atoms with Gasteiger partial charge in [-0.15, -0.1) is 0 Å². The van der Waals surface area contributed by atoms with Gasteiger partial charge in [-0.05, 0) is 49.6 Å². The summed E-state index contributed by atoms with van der Waals surface area (Å²) < 4.78 is 18.9. The molecule has 7 heteroatoms. The predicted octanol–water partition coefficient (Wildman–Crippen LogP) is 3.13. The molecule has 1 aliphatic carbocycles. The molecule has 1 unspecified atom stereocenters. The van der Waals surface area contributed by atoms with Gasteiger partial charge in [0.2, 0.25) is 5.91 Å². The lowest BCUT2D eigenvalue weighted by Gasteiger charge is -2.19. The first kappa shape index (κ1) is 18.2. The van der Waals surface area contributed by atoms with Gasteiger partial charge in [0.25, 0.3) is 5.91 Å². The van der Waals surface area contributed by atoms with Crippen LogP contribution in [-0.2, 0) is 15.0 Å². The number of carbonyl (C=O) groups excluding carboxylic acids is 2. The van der Waals surface area contributed by atoms with E-state index in [0.29, 0.717) is 17.9 Å². The molecule has 136 valence electrons. The molecule has 26 heavy (non-hydrogen) atoms. The van der Waals surface area contributed by atoms with E-state index < -0.39 is 23.2 Å². The van der Waals surface area contributed by atoms with Crippen molar-refractivity contribution in [1.82, 2.24) is 10.9 Å². The first-order valence-corrected chi connectivity index (χ1v) is 8.58. The highest BCUT2D eigenvalue weighted by Gasteiger charge is 2.51. The fraction of sp³-hybridized carbons (Fsp3) is 0.263. The molecular weight excluding hydrogens is 359 g/mol. The van der Waals surface area contributed by atoms with Crippen LogP contribution in [0.5, 0.6) is 5.75 Å². The van der Waals surface area contributed by atoms with Gasteiger partial charge in [-0.1, -0.05) is 35.9 Å². The molecule has 1 aliphatic rings. The minimum absolute atomic E-state index is 0.0286. The van der Waals surface area contributed by atoms with Gasteiger partial charge in [0.15, 0.2) is 17.7 Å². The average Bonchev–Trinajstić information content (AvgIpc) is 3.43. The Kier molecular flexibility index (Phi) is 5.13. The van der Waals surface area contributed by atoms with Gasteiger partial charge < -0.3 is 4.74 Å². The molecule has 1 saturated carbocycles. The number of hydrogen-bond donors (Lipinski definition) is 2. The van der Waals surface area contributed by atoms with Crippen LogP contribution in [0.4, 0.5) is 4.39 Å². The number of hydrogen-bond acceptors (Lipinski definition) is 3. The van der Waals surface area contributed by atoms with Crippen LogP contribution in [0.25, 0.3) is 0 Å². The zero-order valence-electron chi connectivity index (χ0n) is 14.1. The van der Waals surface area contributed by atoms with Crippen molar-refractivity contribution in [2.45, 2.75) is 31.3 Å². The molecule has 0 saturated heterocycles. The normalized spacial score (nSPS) is 15.7. The van der Waals surface area contributed by atoms with Crippen LogP contribution >= 0.6 is 11.6 Å². The van der Waals surface area contributed by atoms with Gasteiger partial charge in [0, 0.05) is 5.02 Å². The molecular formula is C19H18ClFN2O3. The van der Waals surface area contributed by atoms with Gasteiger partial charge in [0.1, 0.15) is 0 Å². The summed E-state index contributed by atoms with van der Waals surface area (Å²) in [5, 5.41) is 0.553. The second-order valence-electron chi connectivity index (χ2n) is 6.23. The summed E-state index contributed by atoms with van der Waals surface area (Å²) in [5.74, 6) is -1.48. The largest absolute Gasteiger partial charge is 0.478 e. The van der Waals surface area contributed by atoms with E-state index in [1.165, 1.54) is 25.1 Å². The smallest absolute Gasteiger partial charge is 0.279 e. The number of hydrazine groups is 1. The Bertz CT molecular complexity index is 839. The van der Waals surface area contributed by atoms with Crippen molar-refractivity contribution in [3.63, 3.8) is 0 Å². The van der Waals surface area contributed by atoms with Crippen LogP contribution in [-0.4, -0.2) is 17.9 Å². The third kappa shape index (κ3) is 3.80. The van der Waals surface area contributed by atoms with Crippen LogP contribution in [0.1, 0.15) is 25.3 Å². The summed E-state index contributed by atoms with van der Waals surface area (Å²) in [4.78, 5) is 24.6. The SMILES string of the molecule is CC(Oc1ccccc1F)C(=O)NNC(=O)C1(c2cccc(Cl)c2)CC1. The quantitative estimate of drug-likeness (QED) is 0.788. The monoisotopic (exact) mass is 376 g/mol. The van der Waals surface area contributed by atoms with Crippen LogP contribution in [0.2, 0.25) is 5.02 Å². The van der Waals surface area contributed by atoms with Crippen molar-refractivity contribution in [3.8, 4) is 5.75 Å². The van der Waals surface area contributed by atoms with Gasteiger partial charge in [-0.2, -0.15) is 0 Å². The van der Waals surface area contributed by atoms with E-state index in [4.69, 9.17) is 16.3 Å². The van der Waals surface area contributed by atoms with Gasteiger partial charge in [-0.25, -0.2) is 4.39 Å². The summed E-state index contributed by atoms with van der Waals surface area (Å²) in [7, 11) is 0. The summed E-state index contributed by atoms with van der Waals surface area (Å²) in [5.41, 5.74) is 4.90. The molecule has 5 nitrogen and oxygen atoms in total. The highest BCUT2D eigenvalue weighted by molar-refractivity contribution is 6.30. The van der Waals surface area contributed by atoms with E-state index in [9.17, 15) is 14.0 Å². The lowest BCUT2D eigenvalue weighted by atomic mass is 9.95. The number of ether oxygens (including phenoxy) is 1. The molecule has 0 radical (unpaired) electrons. The van der Waals surface area contributed by atoms with Crippen LogP contribution in [0, 0.1) is 5.82 Å². The van der Waals surface area contributed by atoms with E-state index >= 15 is 0 Å². The molecule has 2 N–H and O–H groups in total. The third-order valence-electron chi connectivity index (χ3n) is 4.37. The van der Waals surface area contributed by atoms with Crippen molar-refractivity contribution in [1.29, 1.82) is 0 Å². The Morgan fingerprint density at radius 2 is 1.88 bits per heavy atom. The average molecular weight is 377 g/mol. The van der Waals surface area contributed by atoms with Crippen molar-refractivity contribution in [3.05, 3.63) is 64.9 Å². The number of nitrogens with one attached hydrogen (secondary N) is 2. The Morgan fingerprint density at radius 3 is 2.54 bits per heavy atom. The second-order valence-corrected chi connectivity index (χ2v) is 6.66. The first-order chi connectivity index (χ1) is 12.4. The Balaban J connectivity index is 1.57.